The second-order valence-corrected chi connectivity index (χ2v) is 9.01. The van der Waals surface area contributed by atoms with Crippen molar-refractivity contribution in [2.24, 2.45) is 0 Å². The number of benzene rings is 1. The predicted octanol–water partition coefficient (Wildman–Crippen LogP) is 1.79. The molecule has 2 heterocycles. The standard InChI is InChI=1S/C17H26N4O5S.CH4/c1-26-17-13-15(3-4-16(17)21(22)23)18-7-5-14(6-8-18)19-9-11-20(12-10-19)27(2,24)25;/h3-4,13-14H,5-12H2,1-2H3;1H4. The molecule has 1 aromatic rings. The van der Waals surface area contributed by atoms with Gasteiger partial charge in [0.05, 0.1) is 18.3 Å². The third kappa shape index (κ3) is 4.92. The lowest BCUT2D eigenvalue weighted by atomic mass is 10.0. The van der Waals surface area contributed by atoms with Gasteiger partial charge in [-0.25, -0.2) is 8.42 Å². The number of nitrogens with zero attached hydrogens (tertiary/aromatic N) is 4. The van der Waals surface area contributed by atoms with Crippen molar-refractivity contribution in [3.05, 3.63) is 28.3 Å². The van der Waals surface area contributed by atoms with Gasteiger partial charge in [-0.1, -0.05) is 7.43 Å². The van der Waals surface area contributed by atoms with Crippen molar-refractivity contribution in [1.82, 2.24) is 9.21 Å². The van der Waals surface area contributed by atoms with Crippen LogP contribution < -0.4 is 9.64 Å². The van der Waals surface area contributed by atoms with Crippen LogP contribution in [0.4, 0.5) is 11.4 Å². The second kappa shape index (κ2) is 9.06. The molecule has 2 aliphatic heterocycles. The predicted molar refractivity (Wildman–Crippen MR) is 110 cm³/mol. The summed E-state index contributed by atoms with van der Waals surface area (Å²) in [4.78, 5) is 15.2. The lowest BCUT2D eigenvalue weighted by Gasteiger charge is -2.42. The van der Waals surface area contributed by atoms with Crippen LogP contribution in [0.15, 0.2) is 18.2 Å². The Labute approximate surface area is 167 Å². The Bertz CT molecular complexity index is 785. The summed E-state index contributed by atoms with van der Waals surface area (Å²) in [5.41, 5.74) is 0.901. The Balaban J connectivity index is 0.00000280. The van der Waals surface area contributed by atoms with E-state index in [1.807, 2.05) is 0 Å². The van der Waals surface area contributed by atoms with Gasteiger partial charge < -0.3 is 9.64 Å². The molecule has 2 saturated heterocycles. The number of piperidine rings is 1. The van der Waals surface area contributed by atoms with Crippen LogP contribution in [0.2, 0.25) is 0 Å². The van der Waals surface area contributed by atoms with Crippen molar-refractivity contribution in [2.45, 2.75) is 26.3 Å². The number of piperazine rings is 1. The number of ether oxygens (including phenoxy) is 1. The van der Waals surface area contributed by atoms with Crippen molar-refractivity contribution in [3.63, 3.8) is 0 Å². The lowest BCUT2D eigenvalue weighted by molar-refractivity contribution is -0.385. The van der Waals surface area contributed by atoms with Gasteiger partial charge in [0.25, 0.3) is 0 Å². The molecule has 0 aromatic heterocycles. The molecule has 0 spiro atoms. The third-order valence-corrected chi connectivity index (χ3v) is 6.75. The maximum absolute atomic E-state index is 11.6. The molecule has 10 heteroatoms. The molecule has 0 N–H and O–H groups in total. The van der Waals surface area contributed by atoms with Crippen LogP contribution in [-0.2, 0) is 10.0 Å². The fourth-order valence-corrected chi connectivity index (χ4v) is 4.73. The monoisotopic (exact) mass is 414 g/mol. The zero-order valence-electron chi connectivity index (χ0n) is 15.7. The lowest BCUT2D eigenvalue weighted by Crippen LogP contribution is -2.54. The minimum absolute atomic E-state index is 0. The highest BCUT2D eigenvalue weighted by Crippen LogP contribution is 2.33. The normalized spacial score (nSPS) is 19.9. The van der Waals surface area contributed by atoms with E-state index < -0.39 is 14.9 Å². The topological polar surface area (TPSA) is 96.2 Å². The van der Waals surface area contributed by atoms with Gasteiger partial charge in [-0.3, -0.25) is 15.0 Å². The number of nitro groups is 1. The van der Waals surface area contributed by atoms with Gasteiger partial charge in [0, 0.05) is 63.1 Å². The van der Waals surface area contributed by atoms with E-state index >= 15 is 0 Å². The Hall–Kier alpha value is -1.91. The highest BCUT2D eigenvalue weighted by Gasteiger charge is 2.30. The SMILES string of the molecule is C.COc1cc(N2CCC(N3CCN(S(C)(=O)=O)CC3)CC2)ccc1[N+](=O)[O-]. The van der Waals surface area contributed by atoms with Crippen molar-refractivity contribution in [3.8, 4) is 5.75 Å². The van der Waals surface area contributed by atoms with Crippen LogP contribution in [-0.4, -0.2) is 81.2 Å². The number of anilines is 1. The van der Waals surface area contributed by atoms with Crippen LogP contribution in [0.3, 0.4) is 0 Å². The molecule has 28 heavy (non-hydrogen) atoms. The summed E-state index contributed by atoms with van der Waals surface area (Å²) in [5, 5.41) is 11.0. The first-order valence-electron chi connectivity index (χ1n) is 9.06. The molecule has 0 aliphatic carbocycles. The fraction of sp³-hybridized carbons (Fsp3) is 0.667. The van der Waals surface area contributed by atoms with Crippen LogP contribution in [0.5, 0.6) is 5.75 Å². The molecule has 0 bridgehead atoms. The molecule has 0 amide bonds. The average Bonchev–Trinajstić information content (AvgIpc) is 2.67. The first-order valence-corrected chi connectivity index (χ1v) is 10.9. The van der Waals surface area contributed by atoms with E-state index in [4.69, 9.17) is 4.74 Å². The summed E-state index contributed by atoms with van der Waals surface area (Å²) in [7, 11) is -1.66. The van der Waals surface area contributed by atoms with E-state index in [-0.39, 0.29) is 18.9 Å². The van der Waals surface area contributed by atoms with Crippen LogP contribution >= 0.6 is 0 Å². The van der Waals surface area contributed by atoms with E-state index in [2.05, 4.69) is 9.80 Å². The van der Waals surface area contributed by atoms with Crippen LogP contribution in [0.1, 0.15) is 20.3 Å². The van der Waals surface area contributed by atoms with Crippen molar-refractivity contribution >= 4 is 21.4 Å². The third-order valence-electron chi connectivity index (χ3n) is 5.45. The number of methoxy groups -OCH3 is 1. The molecule has 9 nitrogen and oxygen atoms in total. The van der Waals surface area contributed by atoms with Crippen molar-refractivity contribution in [1.29, 1.82) is 0 Å². The summed E-state index contributed by atoms with van der Waals surface area (Å²) in [6.07, 6.45) is 3.23. The average molecular weight is 415 g/mol. The number of hydrogen-bond acceptors (Lipinski definition) is 7. The first kappa shape index (κ1) is 22.4. The molecule has 0 saturated carbocycles. The van der Waals surface area contributed by atoms with E-state index in [0.29, 0.717) is 19.1 Å². The smallest absolute Gasteiger partial charge is 0.311 e. The van der Waals surface area contributed by atoms with Crippen LogP contribution in [0, 0.1) is 10.1 Å². The van der Waals surface area contributed by atoms with Crippen LogP contribution in [0.25, 0.3) is 0 Å². The van der Waals surface area contributed by atoms with Gasteiger partial charge in [0.1, 0.15) is 0 Å². The summed E-state index contributed by atoms with van der Waals surface area (Å²) in [5.74, 6) is 0.275. The molecule has 0 radical (unpaired) electrons. The number of rotatable bonds is 5. The van der Waals surface area contributed by atoms with E-state index in [9.17, 15) is 18.5 Å². The molecular formula is C18H30N4O5S. The molecule has 2 fully saturated rings. The number of hydrogen-bond donors (Lipinski definition) is 0. The zero-order chi connectivity index (χ0) is 19.6. The van der Waals surface area contributed by atoms with Gasteiger partial charge in [-0.15, -0.1) is 0 Å². The highest BCUT2D eigenvalue weighted by atomic mass is 32.2. The van der Waals surface area contributed by atoms with Gasteiger partial charge in [-0.05, 0) is 18.9 Å². The quantitative estimate of drug-likeness (QED) is 0.535. The maximum Gasteiger partial charge on any atom is 0.311 e. The number of nitro benzene ring substituents is 1. The fourth-order valence-electron chi connectivity index (χ4n) is 3.90. The summed E-state index contributed by atoms with van der Waals surface area (Å²) in [6.45, 7) is 4.36. The Kier molecular flexibility index (Phi) is 7.24. The van der Waals surface area contributed by atoms with E-state index in [0.717, 1.165) is 44.7 Å². The summed E-state index contributed by atoms with van der Waals surface area (Å²) >= 11 is 0. The van der Waals surface area contributed by atoms with Crippen molar-refractivity contribution < 1.29 is 18.1 Å². The molecule has 3 rings (SSSR count). The molecular weight excluding hydrogens is 384 g/mol. The van der Waals surface area contributed by atoms with Crippen molar-refractivity contribution in [2.75, 3.05) is 57.5 Å². The molecule has 0 atom stereocenters. The largest absolute Gasteiger partial charge is 0.490 e. The molecule has 0 unspecified atom stereocenters. The number of sulfonamides is 1. The summed E-state index contributed by atoms with van der Waals surface area (Å²) in [6, 6.07) is 5.43. The minimum Gasteiger partial charge on any atom is -0.490 e. The minimum atomic E-state index is -3.10. The molecule has 2 aliphatic rings. The van der Waals surface area contributed by atoms with Gasteiger partial charge in [-0.2, -0.15) is 4.31 Å². The summed E-state index contributed by atoms with van der Waals surface area (Å²) < 4.78 is 30.0. The zero-order valence-corrected chi connectivity index (χ0v) is 16.5. The second-order valence-electron chi connectivity index (χ2n) is 7.03. The molecule has 1 aromatic carbocycles. The van der Waals surface area contributed by atoms with E-state index in [1.54, 1.807) is 16.4 Å². The van der Waals surface area contributed by atoms with E-state index in [1.165, 1.54) is 19.4 Å². The highest BCUT2D eigenvalue weighted by molar-refractivity contribution is 7.88. The van der Waals surface area contributed by atoms with Gasteiger partial charge >= 0.3 is 5.69 Å². The first-order chi connectivity index (χ1) is 12.8. The van der Waals surface area contributed by atoms with Gasteiger partial charge in [0.2, 0.25) is 10.0 Å². The maximum atomic E-state index is 11.6. The van der Waals surface area contributed by atoms with Gasteiger partial charge in [0.15, 0.2) is 5.75 Å². The Morgan fingerprint density at radius 2 is 1.71 bits per heavy atom. The Morgan fingerprint density at radius 3 is 2.21 bits per heavy atom. The molecule has 158 valence electrons. The Morgan fingerprint density at radius 1 is 1.11 bits per heavy atom.